The molecule has 0 unspecified atom stereocenters. The van der Waals surface area contributed by atoms with Gasteiger partial charge in [-0.25, -0.2) is 4.79 Å². The molecular weight excluding hydrogens is 296 g/mol. The molecule has 0 aliphatic heterocycles. The van der Waals surface area contributed by atoms with Gasteiger partial charge in [0.05, 0.1) is 5.56 Å². The summed E-state index contributed by atoms with van der Waals surface area (Å²) in [7, 11) is 0. The largest absolute Gasteiger partial charge is 0.508 e. The highest BCUT2D eigenvalue weighted by atomic mass is 79.9. The van der Waals surface area contributed by atoms with Gasteiger partial charge in [0, 0.05) is 4.47 Å². The molecule has 0 aliphatic carbocycles. The molecule has 4 heteroatoms. The highest BCUT2D eigenvalue weighted by Crippen LogP contribution is 2.21. The Morgan fingerprint density at radius 2 is 1.89 bits per heavy atom. The summed E-state index contributed by atoms with van der Waals surface area (Å²) in [6, 6.07) is 13.9. The Labute approximate surface area is 113 Å². The molecule has 2 aromatic rings. The van der Waals surface area contributed by atoms with E-state index in [1.807, 2.05) is 30.3 Å². The summed E-state index contributed by atoms with van der Waals surface area (Å²) in [4.78, 5) is 11.8. The lowest BCUT2D eigenvalue weighted by molar-refractivity contribution is 0.0472. The topological polar surface area (TPSA) is 46.5 Å². The van der Waals surface area contributed by atoms with Crippen LogP contribution in [0, 0.1) is 0 Å². The molecule has 0 fully saturated rings. The average molecular weight is 307 g/mol. The summed E-state index contributed by atoms with van der Waals surface area (Å²) in [5, 5.41) is 9.39. The van der Waals surface area contributed by atoms with Crippen LogP contribution < -0.4 is 0 Å². The standard InChI is InChI=1S/C14H11BrO3/c15-12-6-11(7-13(16)8-12)14(17)18-9-10-4-2-1-3-5-10/h1-8,16H,9H2. The summed E-state index contributed by atoms with van der Waals surface area (Å²) in [5.41, 5.74) is 1.24. The molecule has 2 aromatic carbocycles. The Balaban J connectivity index is 2.04. The molecule has 0 spiro atoms. The van der Waals surface area contributed by atoms with Crippen molar-refractivity contribution in [3.63, 3.8) is 0 Å². The Hall–Kier alpha value is -1.81. The van der Waals surface area contributed by atoms with E-state index in [0.717, 1.165) is 5.56 Å². The Kier molecular flexibility index (Phi) is 3.99. The van der Waals surface area contributed by atoms with Crippen molar-refractivity contribution in [1.29, 1.82) is 0 Å². The highest BCUT2D eigenvalue weighted by molar-refractivity contribution is 9.10. The number of carbonyl (C=O) groups excluding carboxylic acids is 1. The number of ether oxygens (including phenoxy) is 1. The van der Waals surface area contributed by atoms with Crippen LogP contribution in [-0.4, -0.2) is 11.1 Å². The van der Waals surface area contributed by atoms with Crippen molar-refractivity contribution in [2.24, 2.45) is 0 Å². The maximum atomic E-state index is 11.8. The van der Waals surface area contributed by atoms with E-state index in [1.54, 1.807) is 6.07 Å². The fourth-order valence-electron chi connectivity index (χ4n) is 1.50. The number of esters is 1. The predicted octanol–water partition coefficient (Wildman–Crippen LogP) is 3.51. The van der Waals surface area contributed by atoms with Crippen LogP contribution in [0.5, 0.6) is 5.75 Å². The minimum atomic E-state index is -0.463. The molecule has 0 aromatic heterocycles. The molecule has 0 saturated heterocycles. The number of benzene rings is 2. The van der Waals surface area contributed by atoms with Crippen molar-refractivity contribution in [3.8, 4) is 5.75 Å². The van der Waals surface area contributed by atoms with E-state index in [0.29, 0.717) is 10.0 Å². The number of hydrogen-bond donors (Lipinski definition) is 1. The molecule has 0 heterocycles. The van der Waals surface area contributed by atoms with Crippen LogP contribution in [-0.2, 0) is 11.3 Å². The van der Waals surface area contributed by atoms with Gasteiger partial charge in [-0.2, -0.15) is 0 Å². The molecule has 92 valence electrons. The Morgan fingerprint density at radius 3 is 2.56 bits per heavy atom. The van der Waals surface area contributed by atoms with Gasteiger partial charge in [-0.15, -0.1) is 0 Å². The second kappa shape index (κ2) is 5.69. The quantitative estimate of drug-likeness (QED) is 0.883. The number of halogens is 1. The molecule has 0 radical (unpaired) electrons. The van der Waals surface area contributed by atoms with Crippen LogP contribution in [0.2, 0.25) is 0 Å². The second-order valence-corrected chi connectivity index (χ2v) is 4.68. The first kappa shape index (κ1) is 12.6. The fourth-order valence-corrected chi connectivity index (χ4v) is 1.98. The van der Waals surface area contributed by atoms with Crippen molar-refractivity contribution in [3.05, 3.63) is 64.1 Å². The maximum absolute atomic E-state index is 11.8. The third-order valence-corrected chi connectivity index (χ3v) is 2.79. The summed E-state index contributed by atoms with van der Waals surface area (Å²) < 4.78 is 5.79. The van der Waals surface area contributed by atoms with E-state index in [1.165, 1.54) is 12.1 Å². The van der Waals surface area contributed by atoms with E-state index < -0.39 is 5.97 Å². The van der Waals surface area contributed by atoms with Crippen LogP contribution >= 0.6 is 15.9 Å². The van der Waals surface area contributed by atoms with Gasteiger partial charge in [0.2, 0.25) is 0 Å². The zero-order chi connectivity index (χ0) is 13.0. The van der Waals surface area contributed by atoms with Gasteiger partial charge >= 0.3 is 5.97 Å². The molecule has 0 atom stereocenters. The number of rotatable bonds is 3. The number of phenolic OH excluding ortho intramolecular Hbond substituents is 1. The normalized spacial score (nSPS) is 10.1. The van der Waals surface area contributed by atoms with E-state index in [9.17, 15) is 9.90 Å². The van der Waals surface area contributed by atoms with Gasteiger partial charge in [-0.3, -0.25) is 0 Å². The van der Waals surface area contributed by atoms with Gasteiger partial charge < -0.3 is 9.84 Å². The molecule has 0 saturated carbocycles. The van der Waals surface area contributed by atoms with Crippen LogP contribution in [0.1, 0.15) is 15.9 Å². The average Bonchev–Trinajstić information content (AvgIpc) is 2.36. The Morgan fingerprint density at radius 1 is 1.17 bits per heavy atom. The van der Waals surface area contributed by atoms with Crippen LogP contribution in [0.15, 0.2) is 53.0 Å². The number of phenols is 1. The van der Waals surface area contributed by atoms with E-state index in [4.69, 9.17) is 4.74 Å². The lowest BCUT2D eigenvalue weighted by Crippen LogP contribution is -2.05. The van der Waals surface area contributed by atoms with Gasteiger partial charge in [0.1, 0.15) is 12.4 Å². The summed E-state index contributed by atoms with van der Waals surface area (Å²) >= 11 is 3.21. The van der Waals surface area contributed by atoms with Crippen molar-refractivity contribution in [1.82, 2.24) is 0 Å². The third-order valence-electron chi connectivity index (χ3n) is 2.33. The lowest BCUT2D eigenvalue weighted by Gasteiger charge is -2.05. The molecule has 0 bridgehead atoms. The van der Waals surface area contributed by atoms with Crippen LogP contribution in [0.3, 0.4) is 0 Å². The van der Waals surface area contributed by atoms with Crippen LogP contribution in [0.4, 0.5) is 0 Å². The summed E-state index contributed by atoms with van der Waals surface area (Å²) in [5.74, 6) is -0.438. The van der Waals surface area contributed by atoms with E-state index >= 15 is 0 Å². The minimum absolute atomic E-state index is 0.0241. The van der Waals surface area contributed by atoms with Gasteiger partial charge in [-0.05, 0) is 23.8 Å². The smallest absolute Gasteiger partial charge is 0.338 e. The first-order valence-corrected chi connectivity index (χ1v) is 6.15. The first-order chi connectivity index (χ1) is 8.65. The predicted molar refractivity (Wildman–Crippen MR) is 71.4 cm³/mol. The molecular formula is C14H11BrO3. The first-order valence-electron chi connectivity index (χ1n) is 5.36. The van der Waals surface area contributed by atoms with E-state index in [2.05, 4.69) is 15.9 Å². The van der Waals surface area contributed by atoms with Gasteiger partial charge in [-0.1, -0.05) is 46.3 Å². The van der Waals surface area contributed by atoms with Crippen molar-refractivity contribution < 1.29 is 14.6 Å². The van der Waals surface area contributed by atoms with Crippen LogP contribution in [0.25, 0.3) is 0 Å². The SMILES string of the molecule is O=C(OCc1ccccc1)c1cc(O)cc(Br)c1. The molecule has 0 amide bonds. The number of aromatic hydroxyl groups is 1. The second-order valence-electron chi connectivity index (χ2n) is 3.76. The summed E-state index contributed by atoms with van der Waals surface area (Å²) in [6.45, 7) is 0.215. The fraction of sp³-hybridized carbons (Fsp3) is 0.0714. The number of hydrogen-bond acceptors (Lipinski definition) is 3. The van der Waals surface area contributed by atoms with Gasteiger partial charge in [0.25, 0.3) is 0 Å². The summed E-state index contributed by atoms with van der Waals surface area (Å²) in [6.07, 6.45) is 0. The van der Waals surface area contributed by atoms with E-state index in [-0.39, 0.29) is 12.4 Å². The zero-order valence-electron chi connectivity index (χ0n) is 9.47. The molecule has 1 N–H and O–H groups in total. The van der Waals surface area contributed by atoms with Gasteiger partial charge in [0.15, 0.2) is 0 Å². The van der Waals surface area contributed by atoms with Crippen molar-refractivity contribution >= 4 is 21.9 Å². The lowest BCUT2D eigenvalue weighted by atomic mass is 10.2. The highest BCUT2D eigenvalue weighted by Gasteiger charge is 2.09. The van der Waals surface area contributed by atoms with Crippen molar-refractivity contribution in [2.75, 3.05) is 0 Å². The zero-order valence-corrected chi connectivity index (χ0v) is 11.1. The molecule has 18 heavy (non-hydrogen) atoms. The molecule has 3 nitrogen and oxygen atoms in total. The minimum Gasteiger partial charge on any atom is -0.508 e. The Bertz CT molecular complexity index is 532. The van der Waals surface area contributed by atoms with Crippen molar-refractivity contribution in [2.45, 2.75) is 6.61 Å². The number of carbonyl (C=O) groups is 1. The molecule has 0 aliphatic rings. The monoisotopic (exact) mass is 306 g/mol. The molecule has 2 rings (SSSR count). The third kappa shape index (κ3) is 3.34. The maximum Gasteiger partial charge on any atom is 0.338 e.